The first-order valence-corrected chi connectivity index (χ1v) is 9.96. The first-order valence-electron chi connectivity index (χ1n) is 9.96. The molecule has 6 nitrogen and oxygen atoms in total. The number of nitrogens with zero attached hydrogens (tertiary/aromatic N) is 2. The first-order chi connectivity index (χ1) is 14.5. The van der Waals surface area contributed by atoms with Gasteiger partial charge in [-0.3, -0.25) is 9.78 Å². The normalized spacial score (nSPS) is 10.7. The third-order valence-electron chi connectivity index (χ3n) is 4.91. The maximum atomic E-state index is 12.9. The van der Waals surface area contributed by atoms with Crippen molar-refractivity contribution in [2.24, 2.45) is 0 Å². The average Bonchev–Trinajstić information content (AvgIpc) is 2.76. The number of anilines is 2. The van der Waals surface area contributed by atoms with Gasteiger partial charge >= 0.3 is 0 Å². The molecule has 0 bridgehead atoms. The molecule has 156 valence electrons. The Bertz CT molecular complexity index is 989. The summed E-state index contributed by atoms with van der Waals surface area (Å²) in [6, 6.07) is 17.6. The van der Waals surface area contributed by atoms with Crippen molar-refractivity contribution < 1.29 is 9.90 Å². The summed E-state index contributed by atoms with van der Waals surface area (Å²) < 4.78 is 0. The summed E-state index contributed by atoms with van der Waals surface area (Å²) in [5, 5.41) is 15.5. The number of hydrogen-bond acceptors (Lipinski definition) is 5. The van der Waals surface area contributed by atoms with Crippen LogP contribution in [0.25, 0.3) is 11.1 Å². The van der Waals surface area contributed by atoms with Crippen molar-refractivity contribution in [3.63, 3.8) is 0 Å². The Morgan fingerprint density at radius 1 is 1.10 bits per heavy atom. The highest BCUT2D eigenvalue weighted by Gasteiger charge is 2.20. The topological polar surface area (TPSA) is 77.5 Å². The van der Waals surface area contributed by atoms with Crippen molar-refractivity contribution in [1.82, 2.24) is 10.3 Å². The number of benzene rings is 2. The smallest absolute Gasteiger partial charge is 0.274 e. The van der Waals surface area contributed by atoms with Crippen LogP contribution in [0.15, 0.2) is 60.8 Å². The van der Waals surface area contributed by atoms with Crippen molar-refractivity contribution >= 4 is 17.3 Å². The van der Waals surface area contributed by atoms with Crippen LogP contribution in [-0.4, -0.2) is 43.2 Å². The third kappa shape index (κ3) is 4.84. The molecule has 3 rings (SSSR count). The molecule has 0 saturated carbocycles. The van der Waals surface area contributed by atoms with E-state index >= 15 is 0 Å². The molecule has 30 heavy (non-hydrogen) atoms. The molecule has 0 atom stereocenters. The van der Waals surface area contributed by atoms with Crippen molar-refractivity contribution in [2.75, 3.05) is 37.5 Å². The highest BCUT2D eigenvalue weighted by molar-refractivity contribution is 6.06. The van der Waals surface area contributed by atoms with Gasteiger partial charge in [-0.2, -0.15) is 0 Å². The minimum atomic E-state index is -0.249. The molecule has 0 aliphatic heterocycles. The lowest BCUT2D eigenvalue weighted by Crippen LogP contribution is -2.23. The Hall–Kier alpha value is -3.22. The number of rotatable bonds is 8. The van der Waals surface area contributed by atoms with Crippen molar-refractivity contribution in [2.45, 2.75) is 13.5 Å². The highest BCUT2D eigenvalue weighted by atomic mass is 16.3. The summed E-state index contributed by atoms with van der Waals surface area (Å²) >= 11 is 0. The number of aliphatic hydroxyl groups excluding tert-OH is 1. The monoisotopic (exact) mass is 404 g/mol. The van der Waals surface area contributed by atoms with Crippen LogP contribution in [0.5, 0.6) is 0 Å². The lowest BCUT2D eigenvalue weighted by Gasteiger charge is -2.26. The van der Waals surface area contributed by atoms with Crippen LogP contribution in [0, 0.1) is 6.92 Å². The van der Waals surface area contributed by atoms with Crippen LogP contribution in [0.4, 0.5) is 11.4 Å². The van der Waals surface area contributed by atoms with Gasteiger partial charge in [0, 0.05) is 33.4 Å². The molecule has 6 heteroatoms. The largest absolute Gasteiger partial charge is 0.395 e. The van der Waals surface area contributed by atoms with Gasteiger partial charge in [-0.1, -0.05) is 36.4 Å². The molecule has 0 fully saturated rings. The first kappa shape index (κ1) is 21.5. The SMILES string of the molecule is Cc1c(-c2ccccc2)cc(CNCCO)c(N(C)C)c1NC(=O)c1ccccn1. The van der Waals surface area contributed by atoms with E-state index in [0.717, 1.165) is 33.6 Å². The number of carbonyl (C=O) groups excluding carboxylic acids is 1. The summed E-state index contributed by atoms with van der Waals surface area (Å²) in [6.45, 7) is 3.16. The summed E-state index contributed by atoms with van der Waals surface area (Å²) in [6.07, 6.45) is 1.61. The number of pyridine rings is 1. The van der Waals surface area contributed by atoms with Gasteiger partial charge in [0.2, 0.25) is 0 Å². The van der Waals surface area contributed by atoms with E-state index in [4.69, 9.17) is 5.11 Å². The molecule has 3 N–H and O–H groups in total. The Kier molecular flexibility index (Phi) is 7.17. The van der Waals surface area contributed by atoms with Crippen LogP contribution in [-0.2, 0) is 6.54 Å². The van der Waals surface area contributed by atoms with Gasteiger partial charge in [0.15, 0.2) is 0 Å². The van der Waals surface area contributed by atoms with Crippen molar-refractivity contribution in [1.29, 1.82) is 0 Å². The Morgan fingerprint density at radius 3 is 2.47 bits per heavy atom. The fourth-order valence-corrected chi connectivity index (χ4v) is 3.52. The summed E-state index contributed by atoms with van der Waals surface area (Å²) in [4.78, 5) is 19.1. The Balaban J connectivity index is 2.13. The molecule has 0 saturated heterocycles. The zero-order valence-corrected chi connectivity index (χ0v) is 17.6. The quantitative estimate of drug-likeness (QED) is 0.501. The minimum Gasteiger partial charge on any atom is -0.395 e. The van der Waals surface area contributed by atoms with E-state index in [-0.39, 0.29) is 12.5 Å². The molecular weight excluding hydrogens is 376 g/mol. The van der Waals surface area contributed by atoms with E-state index in [2.05, 4.69) is 33.8 Å². The van der Waals surface area contributed by atoms with Crippen LogP contribution in [0.2, 0.25) is 0 Å². The van der Waals surface area contributed by atoms with Crippen LogP contribution in [0.3, 0.4) is 0 Å². The standard InChI is InChI=1S/C24H28N4O2/c1-17-20(18-9-5-4-6-10-18)15-19(16-25-13-14-29)23(28(2)3)22(17)27-24(30)21-11-7-8-12-26-21/h4-12,15,25,29H,13-14,16H2,1-3H3,(H,27,30). The maximum absolute atomic E-state index is 12.9. The molecule has 1 heterocycles. The molecule has 0 spiro atoms. The highest BCUT2D eigenvalue weighted by Crippen LogP contribution is 2.39. The molecule has 1 amide bonds. The predicted octanol–water partition coefficient (Wildman–Crippen LogP) is 3.46. The van der Waals surface area contributed by atoms with E-state index in [9.17, 15) is 4.79 Å². The van der Waals surface area contributed by atoms with E-state index < -0.39 is 0 Å². The predicted molar refractivity (Wildman–Crippen MR) is 122 cm³/mol. The Morgan fingerprint density at radius 2 is 1.83 bits per heavy atom. The van der Waals surface area contributed by atoms with Gasteiger partial charge in [-0.25, -0.2) is 0 Å². The number of carbonyl (C=O) groups is 1. The molecule has 0 radical (unpaired) electrons. The molecule has 0 aliphatic carbocycles. The van der Waals surface area contributed by atoms with E-state index in [1.165, 1.54) is 0 Å². The number of aromatic nitrogens is 1. The number of nitrogens with one attached hydrogen (secondary N) is 2. The molecule has 0 aliphatic rings. The molecule has 0 unspecified atom stereocenters. The van der Waals surface area contributed by atoms with Gasteiger partial charge in [0.05, 0.1) is 18.0 Å². The van der Waals surface area contributed by atoms with Crippen LogP contribution in [0.1, 0.15) is 21.6 Å². The molecule has 3 aromatic rings. The minimum absolute atomic E-state index is 0.0674. The second-order valence-electron chi connectivity index (χ2n) is 7.26. The molecule has 1 aromatic heterocycles. The van der Waals surface area contributed by atoms with Gasteiger partial charge in [-0.05, 0) is 47.4 Å². The Labute approximate surface area is 177 Å². The molecule has 2 aromatic carbocycles. The van der Waals surface area contributed by atoms with E-state index in [1.54, 1.807) is 24.4 Å². The van der Waals surface area contributed by atoms with Crippen LogP contribution < -0.4 is 15.5 Å². The van der Waals surface area contributed by atoms with E-state index in [1.807, 2.05) is 44.1 Å². The van der Waals surface area contributed by atoms with Crippen LogP contribution >= 0.6 is 0 Å². The van der Waals surface area contributed by atoms with Crippen molar-refractivity contribution in [3.8, 4) is 11.1 Å². The summed E-state index contributed by atoms with van der Waals surface area (Å²) in [5.74, 6) is -0.249. The zero-order chi connectivity index (χ0) is 21.5. The third-order valence-corrected chi connectivity index (χ3v) is 4.91. The fraction of sp³-hybridized carbons (Fsp3) is 0.250. The summed E-state index contributed by atoms with van der Waals surface area (Å²) in [5.41, 5.74) is 6.22. The lowest BCUT2D eigenvalue weighted by molar-refractivity contribution is 0.102. The van der Waals surface area contributed by atoms with Gasteiger partial charge in [0.25, 0.3) is 5.91 Å². The maximum Gasteiger partial charge on any atom is 0.274 e. The van der Waals surface area contributed by atoms with Gasteiger partial charge in [0.1, 0.15) is 5.69 Å². The fourth-order valence-electron chi connectivity index (χ4n) is 3.52. The number of amides is 1. The van der Waals surface area contributed by atoms with Gasteiger partial charge in [-0.15, -0.1) is 0 Å². The van der Waals surface area contributed by atoms with Crippen molar-refractivity contribution in [3.05, 3.63) is 77.6 Å². The second kappa shape index (κ2) is 10.0. The number of aliphatic hydroxyl groups is 1. The summed E-state index contributed by atoms with van der Waals surface area (Å²) in [7, 11) is 3.92. The lowest BCUT2D eigenvalue weighted by atomic mass is 9.94. The average molecular weight is 405 g/mol. The van der Waals surface area contributed by atoms with Gasteiger partial charge < -0.3 is 20.6 Å². The zero-order valence-electron chi connectivity index (χ0n) is 17.6. The van der Waals surface area contributed by atoms with E-state index in [0.29, 0.717) is 18.8 Å². The number of hydrogen-bond donors (Lipinski definition) is 3. The second-order valence-corrected chi connectivity index (χ2v) is 7.26. The molecular formula is C24H28N4O2.